The number of aromatic nitrogens is 1. The number of fused-ring (bicyclic) bond motifs is 1. The molecule has 0 bridgehead atoms. The first-order chi connectivity index (χ1) is 4.47. The van der Waals surface area contributed by atoms with Gasteiger partial charge in [-0.05, 0) is 20.2 Å². The predicted octanol–water partition coefficient (Wildman–Crippen LogP) is 2.12. The lowest BCUT2D eigenvalue weighted by molar-refractivity contribution is 1.39. The summed E-state index contributed by atoms with van der Waals surface area (Å²) in [4.78, 5) is 3.18. The maximum absolute atomic E-state index is 3.18. The van der Waals surface area contributed by atoms with Crippen LogP contribution in [-0.2, 0) is 0 Å². The zero-order chi connectivity index (χ0) is 6.10. The summed E-state index contributed by atoms with van der Waals surface area (Å²) in [6.45, 7) is 0. The van der Waals surface area contributed by atoms with E-state index in [0.29, 0.717) is 0 Å². The minimum Gasteiger partial charge on any atom is -0.361 e. The summed E-state index contributed by atoms with van der Waals surface area (Å²) in [5, 5.41) is 0. The van der Waals surface area contributed by atoms with Crippen LogP contribution in [0.1, 0.15) is 11.3 Å². The summed E-state index contributed by atoms with van der Waals surface area (Å²) in [5.41, 5.74) is 2.64. The molecule has 1 aliphatic rings. The summed E-state index contributed by atoms with van der Waals surface area (Å²) in [5.74, 6) is 0. The molecule has 1 aromatic heterocycles. The van der Waals surface area contributed by atoms with Gasteiger partial charge in [0.05, 0.1) is 5.69 Å². The van der Waals surface area contributed by atoms with E-state index in [9.17, 15) is 0 Å². The molecule has 1 aliphatic heterocycles. The van der Waals surface area contributed by atoms with Crippen molar-refractivity contribution in [3.63, 3.8) is 0 Å². The molecule has 0 atom stereocenters. The van der Waals surface area contributed by atoms with Crippen LogP contribution in [0.2, 0.25) is 0 Å². The third-order valence-corrected chi connectivity index (χ3v) is 3.06. The highest BCUT2D eigenvalue weighted by Gasteiger charge is 1.97. The van der Waals surface area contributed by atoms with Crippen molar-refractivity contribution in [3.8, 4) is 0 Å². The van der Waals surface area contributed by atoms with E-state index in [4.69, 9.17) is 0 Å². The van der Waals surface area contributed by atoms with Crippen molar-refractivity contribution in [3.05, 3.63) is 27.6 Å². The smallest absolute Gasteiger partial charge is 0.0511 e. The fourth-order valence-corrected chi connectivity index (χ4v) is 2.54. The first-order valence-corrected chi connectivity index (χ1v) is 5.25. The Hall–Kier alpha value is -0.380. The fourth-order valence-electron chi connectivity index (χ4n) is 0.838. The molecule has 0 spiro atoms. The number of rotatable bonds is 0. The minimum absolute atomic E-state index is 0.215. The molecule has 0 radical (unpaired) electrons. The van der Waals surface area contributed by atoms with Gasteiger partial charge < -0.3 is 4.98 Å². The van der Waals surface area contributed by atoms with Crippen LogP contribution in [0.25, 0.3) is 6.08 Å². The molecule has 1 nitrogen and oxygen atoms in total. The number of H-pyrrole nitrogens is 1. The Morgan fingerprint density at radius 3 is 3.33 bits per heavy atom. The van der Waals surface area contributed by atoms with Gasteiger partial charge in [-0.15, -0.1) is 0 Å². The zero-order valence-corrected chi connectivity index (χ0v) is 6.92. The van der Waals surface area contributed by atoms with Gasteiger partial charge in [0, 0.05) is 11.8 Å². The van der Waals surface area contributed by atoms with Crippen LogP contribution in [0.3, 0.4) is 0 Å². The SMILES string of the molecule is C1=Cc2cc[nH]c2C=I1. The molecule has 1 N–H and O–H groups in total. The van der Waals surface area contributed by atoms with Crippen molar-refractivity contribution in [1.29, 1.82) is 0 Å². The van der Waals surface area contributed by atoms with E-state index in [1.54, 1.807) is 0 Å². The Bertz CT molecular complexity index is 244. The second-order valence-electron chi connectivity index (χ2n) is 1.87. The maximum Gasteiger partial charge on any atom is 0.0511 e. The van der Waals surface area contributed by atoms with Crippen LogP contribution < -0.4 is 0 Å². The lowest BCUT2D eigenvalue weighted by atomic mass is 10.3. The zero-order valence-electron chi connectivity index (χ0n) is 4.76. The van der Waals surface area contributed by atoms with Crippen molar-refractivity contribution in [2.75, 3.05) is 0 Å². The quantitative estimate of drug-likeness (QED) is 0.658. The lowest BCUT2D eigenvalue weighted by Crippen LogP contribution is -1.82. The van der Waals surface area contributed by atoms with Crippen molar-refractivity contribution < 1.29 is 0 Å². The first kappa shape index (κ1) is 5.41. The molecule has 0 amide bonds. The highest BCUT2D eigenvalue weighted by molar-refractivity contribution is 14.2. The fraction of sp³-hybridized carbons (Fsp3) is 0. The third kappa shape index (κ3) is 0.871. The van der Waals surface area contributed by atoms with Crippen LogP contribution in [0.5, 0.6) is 0 Å². The molecule has 2 heteroatoms. The van der Waals surface area contributed by atoms with Gasteiger partial charge >= 0.3 is 0 Å². The average Bonchev–Trinajstić information content (AvgIpc) is 2.33. The van der Waals surface area contributed by atoms with Crippen molar-refractivity contribution in [2.24, 2.45) is 0 Å². The lowest BCUT2D eigenvalue weighted by Gasteiger charge is -1.93. The van der Waals surface area contributed by atoms with Gasteiger partial charge in [0.25, 0.3) is 0 Å². The predicted molar refractivity (Wildman–Crippen MR) is 49.0 cm³/mol. The highest BCUT2D eigenvalue weighted by atomic mass is 127. The van der Waals surface area contributed by atoms with Crippen LogP contribution in [0, 0.1) is 0 Å². The van der Waals surface area contributed by atoms with Crippen molar-refractivity contribution >= 4 is 30.8 Å². The molecule has 0 aromatic carbocycles. The largest absolute Gasteiger partial charge is 0.361 e. The summed E-state index contributed by atoms with van der Waals surface area (Å²) in [7, 11) is 0. The summed E-state index contributed by atoms with van der Waals surface area (Å²) < 4.78 is 4.57. The van der Waals surface area contributed by atoms with E-state index in [1.165, 1.54) is 11.3 Å². The third-order valence-electron chi connectivity index (χ3n) is 1.30. The molecule has 2 rings (SSSR count). The maximum atomic E-state index is 3.18. The Morgan fingerprint density at radius 2 is 2.44 bits per heavy atom. The van der Waals surface area contributed by atoms with Gasteiger partial charge in [-0.25, -0.2) is 0 Å². The van der Waals surface area contributed by atoms with Crippen LogP contribution in [-0.4, -0.2) is 9.00 Å². The second-order valence-corrected chi connectivity index (χ2v) is 3.94. The molecule has 9 heavy (non-hydrogen) atoms. The number of aromatic amines is 1. The molecule has 0 saturated carbocycles. The highest BCUT2D eigenvalue weighted by Crippen LogP contribution is 2.16. The normalized spacial score (nSPS) is 14.7. The molecule has 2 heterocycles. The van der Waals surface area contributed by atoms with E-state index in [1.807, 2.05) is 6.20 Å². The summed E-state index contributed by atoms with van der Waals surface area (Å²) in [6.07, 6.45) is 4.18. The molecule has 1 aromatic rings. The van der Waals surface area contributed by atoms with Gasteiger partial charge in [0.1, 0.15) is 0 Å². The molecule has 0 fully saturated rings. The van der Waals surface area contributed by atoms with Gasteiger partial charge in [0.2, 0.25) is 0 Å². The Kier molecular flexibility index (Phi) is 1.26. The average molecular weight is 231 g/mol. The second kappa shape index (κ2) is 2.10. The molecule has 46 valence electrons. The van der Waals surface area contributed by atoms with Crippen molar-refractivity contribution in [1.82, 2.24) is 4.98 Å². The number of halogens is 1. The van der Waals surface area contributed by atoms with Gasteiger partial charge in [0.15, 0.2) is 0 Å². The molecule has 0 unspecified atom stereocenters. The van der Waals surface area contributed by atoms with Crippen molar-refractivity contribution in [2.45, 2.75) is 0 Å². The number of nitrogens with one attached hydrogen (secondary N) is 1. The monoisotopic (exact) mass is 231 g/mol. The topological polar surface area (TPSA) is 15.8 Å². The van der Waals surface area contributed by atoms with E-state index in [-0.39, 0.29) is 20.7 Å². The van der Waals surface area contributed by atoms with E-state index < -0.39 is 0 Å². The molecule has 0 aliphatic carbocycles. The standard InChI is InChI=1S/C7H6IN/c1-3-8-5-7-6(1)2-4-9-7/h1-5,9H. The van der Waals surface area contributed by atoms with Gasteiger partial charge in [-0.2, -0.15) is 0 Å². The Labute approximate surface area is 63.5 Å². The van der Waals surface area contributed by atoms with Crippen LogP contribution in [0.15, 0.2) is 16.3 Å². The summed E-state index contributed by atoms with van der Waals surface area (Å²) >= 11 is 0.215. The number of hydrogen-bond acceptors (Lipinski definition) is 0. The molecular formula is C7H6IN. The minimum atomic E-state index is 0.215. The van der Waals surface area contributed by atoms with E-state index in [2.05, 4.69) is 25.2 Å². The van der Waals surface area contributed by atoms with E-state index >= 15 is 0 Å². The number of hydrogen-bond donors (Lipinski definition) is 1. The van der Waals surface area contributed by atoms with Gasteiger partial charge in [-0.3, -0.25) is 0 Å². The molecular weight excluding hydrogens is 225 g/mol. The summed E-state index contributed by atoms with van der Waals surface area (Å²) in [6, 6.07) is 2.10. The molecule has 0 saturated heterocycles. The van der Waals surface area contributed by atoms with E-state index in [0.717, 1.165) is 0 Å². The Balaban J connectivity index is 2.68. The van der Waals surface area contributed by atoms with Crippen LogP contribution in [0.4, 0.5) is 0 Å². The first-order valence-electron chi connectivity index (χ1n) is 2.76. The Morgan fingerprint density at radius 1 is 1.44 bits per heavy atom. The van der Waals surface area contributed by atoms with Crippen LogP contribution >= 0.6 is 20.7 Å². The van der Waals surface area contributed by atoms with Gasteiger partial charge in [-0.1, -0.05) is 20.7 Å².